The normalized spacial score (nSPS) is 16.8. The van der Waals surface area contributed by atoms with Crippen LogP contribution in [-0.2, 0) is 4.74 Å². The quantitative estimate of drug-likeness (QED) is 0.707. The Bertz CT molecular complexity index is 919. The molecular formula is C21H24N4O. The topological polar surface area (TPSA) is 59.1 Å². The van der Waals surface area contributed by atoms with Crippen LogP contribution in [0, 0.1) is 13.8 Å². The molecule has 0 aliphatic carbocycles. The van der Waals surface area contributed by atoms with Crippen LogP contribution in [0.15, 0.2) is 42.5 Å². The van der Waals surface area contributed by atoms with Crippen molar-refractivity contribution in [3.8, 4) is 0 Å². The Morgan fingerprint density at radius 1 is 1.08 bits per heavy atom. The number of hydrogen-bond donors (Lipinski definition) is 2. The molecule has 5 heteroatoms. The fourth-order valence-electron chi connectivity index (χ4n) is 3.23. The summed E-state index contributed by atoms with van der Waals surface area (Å²) in [7, 11) is 0. The summed E-state index contributed by atoms with van der Waals surface area (Å²) in [4.78, 5) is 9.39. The molecule has 1 unspecified atom stereocenters. The number of fused-ring (bicyclic) bond motifs is 1. The van der Waals surface area contributed by atoms with Crippen molar-refractivity contribution in [1.82, 2.24) is 9.97 Å². The van der Waals surface area contributed by atoms with E-state index in [1.54, 1.807) is 0 Å². The zero-order chi connectivity index (χ0) is 17.9. The molecule has 0 bridgehead atoms. The van der Waals surface area contributed by atoms with Gasteiger partial charge in [0.05, 0.1) is 11.6 Å². The Kier molecular flexibility index (Phi) is 4.71. The van der Waals surface area contributed by atoms with E-state index in [2.05, 4.69) is 47.7 Å². The third-order valence-electron chi connectivity index (χ3n) is 4.89. The van der Waals surface area contributed by atoms with Crippen molar-refractivity contribution in [3.05, 3.63) is 53.6 Å². The van der Waals surface area contributed by atoms with Crippen LogP contribution in [0.4, 0.5) is 17.5 Å². The molecule has 2 N–H and O–H groups in total. The van der Waals surface area contributed by atoms with Gasteiger partial charge in [0.25, 0.3) is 0 Å². The standard InChI is InChI=1S/C21H24N4O/c1-14-9-10-16(12-15(14)2)23-21-24-19-8-4-3-7-18(19)20(25-21)22-13-17-6-5-11-26-17/h3-4,7-10,12,17H,5-6,11,13H2,1-2H3,(H2,22,23,24,25). The van der Waals surface area contributed by atoms with E-state index in [0.29, 0.717) is 5.95 Å². The van der Waals surface area contributed by atoms with Crippen molar-refractivity contribution in [2.24, 2.45) is 0 Å². The fourth-order valence-corrected chi connectivity index (χ4v) is 3.23. The van der Waals surface area contributed by atoms with Gasteiger partial charge >= 0.3 is 0 Å². The monoisotopic (exact) mass is 348 g/mol. The van der Waals surface area contributed by atoms with Gasteiger partial charge in [-0.1, -0.05) is 18.2 Å². The number of aryl methyl sites for hydroxylation is 2. The van der Waals surface area contributed by atoms with Gasteiger partial charge in [-0.2, -0.15) is 4.98 Å². The molecule has 4 rings (SSSR count). The summed E-state index contributed by atoms with van der Waals surface area (Å²) in [5.41, 5.74) is 4.43. The van der Waals surface area contributed by atoms with Gasteiger partial charge in [0.1, 0.15) is 5.82 Å². The van der Waals surface area contributed by atoms with E-state index in [0.717, 1.165) is 48.4 Å². The largest absolute Gasteiger partial charge is 0.376 e. The summed E-state index contributed by atoms with van der Waals surface area (Å²) in [6, 6.07) is 14.4. The smallest absolute Gasteiger partial charge is 0.229 e. The van der Waals surface area contributed by atoms with Crippen LogP contribution in [0.3, 0.4) is 0 Å². The lowest BCUT2D eigenvalue weighted by molar-refractivity contribution is 0.120. The molecule has 0 spiro atoms. The second-order valence-corrected chi connectivity index (χ2v) is 6.85. The highest BCUT2D eigenvalue weighted by Gasteiger charge is 2.16. The predicted molar refractivity (Wildman–Crippen MR) is 106 cm³/mol. The number of benzene rings is 2. The van der Waals surface area contributed by atoms with Crippen LogP contribution in [0.1, 0.15) is 24.0 Å². The molecule has 1 aliphatic rings. The first kappa shape index (κ1) is 16.8. The molecule has 5 nitrogen and oxygen atoms in total. The maximum absolute atomic E-state index is 5.72. The lowest BCUT2D eigenvalue weighted by Gasteiger charge is -2.15. The van der Waals surface area contributed by atoms with E-state index in [-0.39, 0.29) is 6.10 Å². The molecule has 134 valence electrons. The van der Waals surface area contributed by atoms with Gasteiger partial charge in [-0.25, -0.2) is 4.98 Å². The van der Waals surface area contributed by atoms with E-state index < -0.39 is 0 Å². The van der Waals surface area contributed by atoms with E-state index in [9.17, 15) is 0 Å². The SMILES string of the molecule is Cc1ccc(Nc2nc(NCC3CCCO3)c3ccccc3n2)cc1C. The minimum Gasteiger partial charge on any atom is -0.376 e. The Labute approximate surface area is 153 Å². The molecular weight excluding hydrogens is 324 g/mol. The number of aromatic nitrogens is 2. The Hall–Kier alpha value is -2.66. The number of nitrogens with one attached hydrogen (secondary N) is 2. The predicted octanol–water partition coefficient (Wildman–Crippen LogP) is 4.58. The van der Waals surface area contributed by atoms with Crippen LogP contribution in [0.5, 0.6) is 0 Å². The second-order valence-electron chi connectivity index (χ2n) is 6.85. The maximum Gasteiger partial charge on any atom is 0.229 e. The first-order chi connectivity index (χ1) is 12.7. The molecule has 1 aromatic heterocycles. The summed E-state index contributed by atoms with van der Waals surface area (Å²) in [6.07, 6.45) is 2.50. The molecule has 1 aliphatic heterocycles. The molecule has 0 radical (unpaired) electrons. The molecule has 1 saturated heterocycles. The lowest BCUT2D eigenvalue weighted by Crippen LogP contribution is -2.19. The van der Waals surface area contributed by atoms with Crippen molar-refractivity contribution in [1.29, 1.82) is 0 Å². The molecule has 1 atom stereocenters. The van der Waals surface area contributed by atoms with Gasteiger partial charge in [0.15, 0.2) is 0 Å². The summed E-state index contributed by atoms with van der Waals surface area (Å²) < 4.78 is 5.72. The highest BCUT2D eigenvalue weighted by Crippen LogP contribution is 2.25. The second kappa shape index (κ2) is 7.30. The number of rotatable bonds is 5. The average molecular weight is 348 g/mol. The van der Waals surface area contributed by atoms with Crippen LogP contribution >= 0.6 is 0 Å². The Balaban J connectivity index is 1.62. The zero-order valence-corrected chi connectivity index (χ0v) is 15.2. The maximum atomic E-state index is 5.72. The van der Waals surface area contributed by atoms with Gasteiger partial charge in [0, 0.05) is 24.2 Å². The molecule has 0 amide bonds. The van der Waals surface area contributed by atoms with Crippen LogP contribution in [0.2, 0.25) is 0 Å². The number of para-hydroxylation sites is 1. The van der Waals surface area contributed by atoms with Crippen molar-refractivity contribution in [2.75, 3.05) is 23.8 Å². The Morgan fingerprint density at radius 3 is 2.77 bits per heavy atom. The molecule has 26 heavy (non-hydrogen) atoms. The van der Waals surface area contributed by atoms with E-state index in [1.165, 1.54) is 11.1 Å². The first-order valence-electron chi connectivity index (χ1n) is 9.15. The van der Waals surface area contributed by atoms with E-state index in [4.69, 9.17) is 9.72 Å². The van der Waals surface area contributed by atoms with Gasteiger partial charge in [-0.05, 0) is 62.1 Å². The van der Waals surface area contributed by atoms with Gasteiger partial charge in [-0.3, -0.25) is 0 Å². The molecule has 2 aromatic carbocycles. The molecule has 2 heterocycles. The minimum absolute atomic E-state index is 0.264. The number of hydrogen-bond acceptors (Lipinski definition) is 5. The van der Waals surface area contributed by atoms with Crippen molar-refractivity contribution in [3.63, 3.8) is 0 Å². The van der Waals surface area contributed by atoms with Gasteiger partial charge in [0.2, 0.25) is 5.95 Å². The fraction of sp³-hybridized carbons (Fsp3) is 0.333. The van der Waals surface area contributed by atoms with Crippen LogP contribution in [-0.4, -0.2) is 29.2 Å². The third kappa shape index (κ3) is 3.63. The Morgan fingerprint density at radius 2 is 1.96 bits per heavy atom. The minimum atomic E-state index is 0.264. The summed E-state index contributed by atoms with van der Waals surface area (Å²) in [5, 5.41) is 7.82. The summed E-state index contributed by atoms with van der Waals surface area (Å²) in [5.74, 6) is 1.44. The number of anilines is 3. The van der Waals surface area contributed by atoms with E-state index in [1.807, 2.05) is 24.3 Å². The number of nitrogens with zero attached hydrogens (tertiary/aromatic N) is 2. The van der Waals surface area contributed by atoms with E-state index >= 15 is 0 Å². The zero-order valence-electron chi connectivity index (χ0n) is 15.2. The van der Waals surface area contributed by atoms with Crippen molar-refractivity contribution >= 4 is 28.4 Å². The molecule has 0 saturated carbocycles. The third-order valence-corrected chi connectivity index (χ3v) is 4.89. The van der Waals surface area contributed by atoms with Crippen molar-refractivity contribution in [2.45, 2.75) is 32.8 Å². The number of ether oxygens (including phenoxy) is 1. The molecule has 1 fully saturated rings. The van der Waals surface area contributed by atoms with Crippen molar-refractivity contribution < 1.29 is 4.74 Å². The summed E-state index contributed by atoms with van der Waals surface area (Å²) in [6.45, 7) is 5.84. The van der Waals surface area contributed by atoms with Crippen LogP contribution in [0.25, 0.3) is 10.9 Å². The highest BCUT2D eigenvalue weighted by molar-refractivity contribution is 5.90. The lowest BCUT2D eigenvalue weighted by atomic mass is 10.1. The van der Waals surface area contributed by atoms with Crippen LogP contribution < -0.4 is 10.6 Å². The summed E-state index contributed by atoms with van der Waals surface area (Å²) >= 11 is 0. The van der Waals surface area contributed by atoms with Gasteiger partial charge in [-0.15, -0.1) is 0 Å². The molecule has 3 aromatic rings. The first-order valence-corrected chi connectivity index (χ1v) is 9.15. The van der Waals surface area contributed by atoms with Gasteiger partial charge < -0.3 is 15.4 Å². The highest BCUT2D eigenvalue weighted by atomic mass is 16.5. The average Bonchev–Trinajstić information content (AvgIpc) is 3.16.